The van der Waals surface area contributed by atoms with Crippen molar-refractivity contribution < 1.29 is 23.6 Å². The molecule has 1 aromatic heterocycles. The van der Waals surface area contributed by atoms with Gasteiger partial charge in [0.15, 0.2) is 0 Å². The van der Waals surface area contributed by atoms with Crippen LogP contribution >= 0.6 is 11.3 Å². The van der Waals surface area contributed by atoms with Gasteiger partial charge in [0.2, 0.25) is 0 Å². The third kappa shape index (κ3) is 2.94. The van der Waals surface area contributed by atoms with E-state index in [2.05, 4.69) is 5.32 Å². The third-order valence-corrected chi connectivity index (χ3v) is 4.42. The Labute approximate surface area is 131 Å². The molecule has 2 aromatic rings. The summed E-state index contributed by atoms with van der Waals surface area (Å²) in [6.45, 7) is 4.97. The molecular weight excluding hydrogens is 308 g/mol. The molecule has 0 aliphatic carbocycles. The van der Waals surface area contributed by atoms with E-state index in [9.17, 15) is 9.18 Å². The highest BCUT2D eigenvalue weighted by Crippen LogP contribution is 2.31. The minimum Gasteiger partial charge on any atom is -0.465 e. The van der Waals surface area contributed by atoms with E-state index >= 15 is 0 Å². The molecule has 8 heteroatoms. The lowest BCUT2D eigenvalue weighted by Crippen LogP contribution is -2.48. The molecule has 3 rings (SSSR count). The molecule has 0 atom stereocenters. The molecule has 1 aromatic carbocycles. The molecular formula is C14H15BFNO4S. The number of halogens is 1. The monoisotopic (exact) mass is 323 g/mol. The molecule has 0 radical (unpaired) electrons. The zero-order valence-corrected chi connectivity index (χ0v) is 13.0. The van der Waals surface area contributed by atoms with Gasteiger partial charge in [-0.3, -0.25) is 5.32 Å². The van der Waals surface area contributed by atoms with Crippen molar-refractivity contribution in [3.63, 3.8) is 0 Å². The van der Waals surface area contributed by atoms with Crippen LogP contribution in [0.2, 0.25) is 0 Å². The molecule has 2 heterocycles. The summed E-state index contributed by atoms with van der Waals surface area (Å²) < 4.78 is 26.4. The summed E-state index contributed by atoms with van der Waals surface area (Å²) >= 11 is 1.24. The summed E-state index contributed by atoms with van der Waals surface area (Å²) in [7, 11) is -0.774. The van der Waals surface area contributed by atoms with Crippen LogP contribution in [0.5, 0.6) is 0 Å². The maximum atomic E-state index is 14.3. The number of fused-ring (bicyclic) bond motifs is 1. The maximum Gasteiger partial charge on any atom is 0.497 e. The fourth-order valence-corrected chi connectivity index (χ4v) is 3.34. The Morgan fingerprint density at radius 3 is 2.73 bits per heavy atom. The molecule has 1 aliphatic rings. The summed E-state index contributed by atoms with van der Waals surface area (Å²) in [4.78, 5) is 10.7. The summed E-state index contributed by atoms with van der Waals surface area (Å²) in [6.07, 6.45) is -1.15. The summed E-state index contributed by atoms with van der Waals surface area (Å²) in [6, 6.07) is 4.59. The van der Waals surface area contributed by atoms with Gasteiger partial charge in [-0.1, -0.05) is 13.8 Å². The van der Waals surface area contributed by atoms with Gasteiger partial charge in [-0.25, -0.2) is 9.18 Å². The van der Waals surface area contributed by atoms with Crippen molar-refractivity contribution >= 4 is 45.1 Å². The standard InChI is InChI=1S/C14H15BFNO4S/c1-14(2)6-20-15(21-7-14)12-8-5-11(17-13(18)19)22-10(8)4-3-9(12)16/h3-5,17H,6-7H2,1-2H3,(H,18,19). The Morgan fingerprint density at radius 2 is 2.09 bits per heavy atom. The van der Waals surface area contributed by atoms with Gasteiger partial charge in [0.05, 0.1) is 5.00 Å². The smallest absolute Gasteiger partial charge is 0.465 e. The Hall–Kier alpha value is -1.64. The first-order valence-electron chi connectivity index (χ1n) is 6.81. The van der Waals surface area contributed by atoms with Gasteiger partial charge in [0.25, 0.3) is 0 Å². The highest BCUT2D eigenvalue weighted by molar-refractivity contribution is 7.23. The number of carbonyl (C=O) groups is 1. The van der Waals surface area contributed by atoms with Crippen molar-refractivity contribution in [1.29, 1.82) is 0 Å². The highest BCUT2D eigenvalue weighted by Gasteiger charge is 2.36. The van der Waals surface area contributed by atoms with Gasteiger partial charge in [-0.05, 0) is 23.6 Å². The van der Waals surface area contributed by atoms with Gasteiger partial charge in [-0.15, -0.1) is 11.3 Å². The molecule has 1 amide bonds. The molecule has 0 unspecified atom stereocenters. The first-order valence-corrected chi connectivity index (χ1v) is 7.62. The van der Waals surface area contributed by atoms with Crippen molar-refractivity contribution in [1.82, 2.24) is 0 Å². The van der Waals surface area contributed by atoms with Gasteiger partial charge in [0.1, 0.15) is 5.82 Å². The lowest BCUT2D eigenvalue weighted by atomic mass is 9.74. The van der Waals surface area contributed by atoms with Crippen LogP contribution in [0.15, 0.2) is 18.2 Å². The number of anilines is 1. The number of amides is 1. The predicted octanol–water partition coefficient (Wildman–Crippen LogP) is 2.90. The average Bonchev–Trinajstić information content (AvgIpc) is 2.81. The van der Waals surface area contributed by atoms with Crippen LogP contribution in [0, 0.1) is 11.2 Å². The number of hydrogen-bond donors (Lipinski definition) is 2. The van der Waals surface area contributed by atoms with E-state index in [1.165, 1.54) is 17.4 Å². The second-order valence-electron chi connectivity index (χ2n) is 6.03. The molecule has 1 saturated heterocycles. The van der Waals surface area contributed by atoms with E-state index in [-0.39, 0.29) is 5.41 Å². The zero-order chi connectivity index (χ0) is 15.9. The minimum atomic E-state index is -1.15. The Balaban J connectivity index is 1.99. The number of rotatable bonds is 2. The van der Waals surface area contributed by atoms with Crippen LogP contribution in [0.1, 0.15) is 13.8 Å². The zero-order valence-electron chi connectivity index (χ0n) is 12.2. The van der Waals surface area contributed by atoms with E-state index < -0.39 is 19.0 Å². The van der Waals surface area contributed by atoms with Crippen LogP contribution < -0.4 is 10.8 Å². The molecule has 0 spiro atoms. The first-order chi connectivity index (χ1) is 10.4. The lowest BCUT2D eigenvalue weighted by molar-refractivity contribution is 0.0341. The Kier molecular flexibility index (Phi) is 3.84. The quantitative estimate of drug-likeness (QED) is 0.834. The molecule has 5 nitrogen and oxygen atoms in total. The minimum absolute atomic E-state index is 0.106. The number of benzene rings is 1. The van der Waals surface area contributed by atoms with Gasteiger partial charge in [0, 0.05) is 28.8 Å². The lowest BCUT2D eigenvalue weighted by Gasteiger charge is -2.33. The number of carboxylic acid groups (broad SMARTS) is 1. The number of hydrogen-bond acceptors (Lipinski definition) is 4. The molecule has 116 valence electrons. The first kappa shape index (κ1) is 15.3. The van der Waals surface area contributed by atoms with Crippen LogP contribution in [0.4, 0.5) is 14.2 Å². The van der Waals surface area contributed by atoms with E-state index in [1.54, 1.807) is 12.1 Å². The average molecular weight is 323 g/mol. The fraction of sp³-hybridized carbons (Fsp3) is 0.357. The normalized spacial score (nSPS) is 17.7. The van der Waals surface area contributed by atoms with Gasteiger partial charge < -0.3 is 14.4 Å². The van der Waals surface area contributed by atoms with Crippen molar-refractivity contribution in [3.05, 3.63) is 24.0 Å². The summed E-state index contributed by atoms with van der Waals surface area (Å²) in [5.41, 5.74) is 0.216. The van der Waals surface area contributed by atoms with E-state index in [4.69, 9.17) is 14.4 Å². The van der Waals surface area contributed by atoms with Crippen molar-refractivity contribution in [2.24, 2.45) is 5.41 Å². The van der Waals surface area contributed by atoms with Crippen LogP contribution in [0.3, 0.4) is 0 Å². The fourth-order valence-electron chi connectivity index (χ4n) is 2.37. The van der Waals surface area contributed by atoms with Gasteiger partial charge in [-0.2, -0.15) is 0 Å². The number of nitrogens with one attached hydrogen (secondary N) is 1. The van der Waals surface area contributed by atoms with E-state index in [0.717, 1.165) is 4.70 Å². The topological polar surface area (TPSA) is 67.8 Å². The SMILES string of the molecule is CC1(C)COB(c2c(F)ccc3sc(NC(=O)O)cc23)OC1. The molecule has 1 fully saturated rings. The van der Waals surface area contributed by atoms with Crippen molar-refractivity contribution in [3.8, 4) is 0 Å². The molecule has 22 heavy (non-hydrogen) atoms. The van der Waals surface area contributed by atoms with Crippen LogP contribution in [-0.2, 0) is 9.31 Å². The second-order valence-corrected chi connectivity index (χ2v) is 7.12. The molecule has 0 saturated carbocycles. The van der Waals surface area contributed by atoms with E-state index in [1.807, 2.05) is 13.8 Å². The third-order valence-electron chi connectivity index (χ3n) is 3.41. The van der Waals surface area contributed by atoms with Crippen LogP contribution in [-0.4, -0.2) is 31.5 Å². The van der Waals surface area contributed by atoms with Gasteiger partial charge >= 0.3 is 13.2 Å². The molecule has 0 bridgehead atoms. The van der Waals surface area contributed by atoms with Crippen molar-refractivity contribution in [2.45, 2.75) is 13.8 Å². The summed E-state index contributed by atoms with van der Waals surface area (Å²) in [5, 5.41) is 12.1. The van der Waals surface area contributed by atoms with Crippen molar-refractivity contribution in [2.75, 3.05) is 18.5 Å². The molecule has 1 aliphatic heterocycles. The number of thiophene rings is 1. The largest absolute Gasteiger partial charge is 0.497 e. The second kappa shape index (κ2) is 5.53. The highest BCUT2D eigenvalue weighted by atomic mass is 32.1. The summed E-state index contributed by atoms with van der Waals surface area (Å²) in [5.74, 6) is -0.420. The van der Waals surface area contributed by atoms with E-state index in [0.29, 0.717) is 29.1 Å². The molecule has 2 N–H and O–H groups in total. The predicted molar refractivity (Wildman–Crippen MR) is 84.5 cm³/mol. The Morgan fingerprint density at radius 1 is 1.41 bits per heavy atom. The maximum absolute atomic E-state index is 14.3. The van der Waals surface area contributed by atoms with Crippen LogP contribution in [0.25, 0.3) is 10.1 Å². The Bertz CT molecular complexity index is 723.